The summed E-state index contributed by atoms with van der Waals surface area (Å²) in [7, 11) is 0. The molecule has 0 radical (unpaired) electrons. The molecule has 2 N–H and O–H groups in total. The van der Waals surface area contributed by atoms with E-state index in [9.17, 15) is 9.59 Å². The molecule has 3 rings (SSSR count). The van der Waals surface area contributed by atoms with Crippen LogP contribution in [0.4, 0.5) is 5.69 Å². The maximum absolute atomic E-state index is 12.4. The third kappa shape index (κ3) is 5.80. The fourth-order valence-electron chi connectivity index (χ4n) is 2.86. The van der Waals surface area contributed by atoms with Crippen molar-refractivity contribution in [1.82, 2.24) is 5.32 Å². The van der Waals surface area contributed by atoms with E-state index >= 15 is 0 Å². The number of carbonyl (C=O) groups is 2. The van der Waals surface area contributed by atoms with Crippen LogP contribution in [0.1, 0.15) is 41.6 Å². The molecule has 0 saturated carbocycles. The summed E-state index contributed by atoms with van der Waals surface area (Å²) in [6.07, 6.45) is 1.43. The highest BCUT2D eigenvalue weighted by atomic mass is 16.5. The summed E-state index contributed by atoms with van der Waals surface area (Å²) < 4.78 is 10.7. The van der Waals surface area contributed by atoms with Crippen LogP contribution in [0.2, 0.25) is 0 Å². The van der Waals surface area contributed by atoms with E-state index in [1.54, 1.807) is 44.4 Å². The Hall–Kier alpha value is -3.38. The van der Waals surface area contributed by atoms with Gasteiger partial charge >= 0.3 is 5.97 Å². The monoisotopic (exact) mass is 392 g/mol. The standard InChI is InChI=1S/C23H24N2O4/c1-16(2)29-23(27)18-10-12-19(13-11-18)25-21(26)15-24-22(20-9-6-14-28-20)17-7-4-3-5-8-17/h3-14,16,22,24H,15H2,1-2H3,(H,25,26)/t22-/m1/s1. The summed E-state index contributed by atoms with van der Waals surface area (Å²) in [5.41, 5.74) is 2.05. The number of nitrogens with one attached hydrogen (secondary N) is 2. The molecule has 0 unspecified atom stereocenters. The minimum Gasteiger partial charge on any atom is -0.467 e. The van der Waals surface area contributed by atoms with Crippen molar-refractivity contribution in [3.05, 3.63) is 89.9 Å². The molecule has 6 heteroatoms. The van der Waals surface area contributed by atoms with E-state index in [2.05, 4.69) is 10.6 Å². The zero-order valence-corrected chi connectivity index (χ0v) is 16.4. The van der Waals surface area contributed by atoms with Crippen molar-refractivity contribution >= 4 is 17.6 Å². The SMILES string of the molecule is CC(C)OC(=O)c1ccc(NC(=O)CN[C@H](c2ccccc2)c2ccco2)cc1. The second-order valence-electron chi connectivity index (χ2n) is 6.82. The lowest BCUT2D eigenvalue weighted by Crippen LogP contribution is -2.31. The number of hydrogen-bond donors (Lipinski definition) is 2. The van der Waals surface area contributed by atoms with Gasteiger partial charge in [0.1, 0.15) is 5.76 Å². The molecular weight excluding hydrogens is 368 g/mol. The Bertz CT molecular complexity index is 919. The van der Waals surface area contributed by atoms with Gasteiger partial charge in [0.2, 0.25) is 5.91 Å². The Balaban J connectivity index is 1.59. The first-order chi connectivity index (χ1) is 14.0. The Morgan fingerprint density at radius 3 is 2.31 bits per heavy atom. The lowest BCUT2D eigenvalue weighted by molar-refractivity contribution is -0.115. The number of furan rings is 1. The Labute approximate surface area is 169 Å². The van der Waals surface area contributed by atoms with Gasteiger partial charge in [-0.05, 0) is 55.8 Å². The van der Waals surface area contributed by atoms with E-state index in [0.29, 0.717) is 11.3 Å². The molecule has 3 aromatic rings. The number of esters is 1. The molecule has 0 aliphatic rings. The van der Waals surface area contributed by atoms with Gasteiger partial charge in [-0.25, -0.2) is 4.79 Å². The van der Waals surface area contributed by atoms with E-state index in [0.717, 1.165) is 11.3 Å². The van der Waals surface area contributed by atoms with E-state index < -0.39 is 0 Å². The summed E-state index contributed by atoms with van der Waals surface area (Å²) in [4.78, 5) is 24.3. The fraction of sp³-hybridized carbons (Fsp3) is 0.217. The van der Waals surface area contributed by atoms with Gasteiger partial charge in [-0.1, -0.05) is 30.3 Å². The largest absolute Gasteiger partial charge is 0.467 e. The molecular formula is C23H24N2O4. The maximum Gasteiger partial charge on any atom is 0.338 e. The lowest BCUT2D eigenvalue weighted by Gasteiger charge is -2.17. The molecule has 1 aromatic heterocycles. The van der Waals surface area contributed by atoms with Crippen LogP contribution in [0.3, 0.4) is 0 Å². The zero-order valence-electron chi connectivity index (χ0n) is 16.4. The van der Waals surface area contributed by atoms with Crippen LogP contribution in [0.15, 0.2) is 77.4 Å². The third-order valence-electron chi connectivity index (χ3n) is 4.17. The molecule has 6 nitrogen and oxygen atoms in total. The van der Waals surface area contributed by atoms with E-state index in [4.69, 9.17) is 9.15 Å². The van der Waals surface area contributed by atoms with Crippen molar-refractivity contribution in [3.63, 3.8) is 0 Å². The van der Waals surface area contributed by atoms with Crippen molar-refractivity contribution < 1.29 is 18.7 Å². The summed E-state index contributed by atoms with van der Waals surface area (Å²) in [5, 5.41) is 6.05. The van der Waals surface area contributed by atoms with Crippen molar-refractivity contribution in [1.29, 1.82) is 0 Å². The first-order valence-electron chi connectivity index (χ1n) is 9.45. The minimum atomic E-state index is -0.385. The third-order valence-corrected chi connectivity index (χ3v) is 4.17. The first kappa shape index (κ1) is 20.4. The highest BCUT2D eigenvalue weighted by molar-refractivity contribution is 5.94. The van der Waals surface area contributed by atoms with Gasteiger partial charge in [0, 0.05) is 5.69 Å². The van der Waals surface area contributed by atoms with E-state index in [1.165, 1.54) is 0 Å². The van der Waals surface area contributed by atoms with Crippen LogP contribution < -0.4 is 10.6 Å². The second kappa shape index (κ2) is 9.71. The molecule has 0 bridgehead atoms. The minimum absolute atomic E-state index is 0.0946. The average Bonchev–Trinajstić information content (AvgIpc) is 3.23. The molecule has 2 aromatic carbocycles. The Morgan fingerprint density at radius 1 is 0.966 bits per heavy atom. The molecule has 0 saturated heterocycles. The molecule has 0 aliphatic heterocycles. The molecule has 0 fully saturated rings. The topological polar surface area (TPSA) is 80.6 Å². The normalized spacial score (nSPS) is 11.8. The van der Waals surface area contributed by atoms with Crippen molar-refractivity contribution in [2.75, 3.05) is 11.9 Å². The quantitative estimate of drug-likeness (QED) is 0.563. The number of carbonyl (C=O) groups excluding carboxylic acids is 2. The first-order valence-corrected chi connectivity index (χ1v) is 9.45. The molecule has 1 atom stereocenters. The number of benzene rings is 2. The molecule has 1 heterocycles. The van der Waals surface area contributed by atoms with Gasteiger partial charge in [0.05, 0.1) is 30.5 Å². The zero-order chi connectivity index (χ0) is 20.6. The van der Waals surface area contributed by atoms with Gasteiger partial charge in [-0.2, -0.15) is 0 Å². The van der Waals surface area contributed by atoms with Gasteiger partial charge in [0.25, 0.3) is 0 Å². The van der Waals surface area contributed by atoms with E-state index in [1.807, 2.05) is 42.5 Å². The van der Waals surface area contributed by atoms with Crippen molar-refractivity contribution in [2.45, 2.75) is 26.0 Å². The smallest absolute Gasteiger partial charge is 0.338 e. The highest BCUT2D eigenvalue weighted by Gasteiger charge is 2.17. The highest BCUT2D eigenvalue weighted by Crippen LogP contribution is 2.22. The maximum atomic E-state index is 12.4. The number of rotatable bonds is 8. The van der Waals surface area contributed by atoms with Gasteiger partial charge in [0.15, 0.2) is 0 Å². The van der Waals surface area contributed by atoms with Crippen molar-refractivity contribution in [2.24, 2.45) is 0 Å². The molecule has 0 aliphatic carbocycles. The molecule has 150 valence electrons. The van der Waals surface area contributed by atoms with Gasteiger partial charge < -0.3 is 14.5 Å². The predicted octanol–water partition coefficient (Wildman–Crippen LogP) is 4.16. The average molecular weight is 392 g/mol. The summed E-state index contributed by atoms with van der Waals surface area (Å²) >= 11 is 0. The molecule has 1 amide bonds. The number of anilines is 1. The Kier molecular flexibility index (Phi) is 6.81. The van der Waals surface area contributed by atoms with Crippen molar-refractivity contribution in [3.8, 4) is 0 Å². The lowest BCUT2D eigenvalue weighted by atomic mass is 10.0. The molecule has 0 spiro atoms. The summed E-state index contributed by atoms with van der Waals surface area (Å²) in [5.74, 6) is 0.149. The second-order valence-corrected chi connectivity index (χ2v) is 6.82. The van der Waals surface area contributed by atoms with Gasteiger partial charge in [-0.3, -0.25) is 10.1 Å². The fourth-order valence-corrected chi connectivity index (χ4v) is 2.86. The van der Waals surface area contributed by atoms with Gasteiger partial charge in [-0.15, -0.1) is 0 Å². The molecule has 29 heavy (non-hydrogen) atoms. The van der Waals surface area contributed by atoms with Crippen LogP contribution in [0.25, 0.3) is 0 Å². The number of amides is 1. The Morgan fingerprint density at radius 2 is 1.69 bits per heavy atom. The van der Waals surface area contributed by atoms with Crippen LogP contribution in [0, 0.1) is 0 Å². The predicted molar refractivity (Wildman–Crippen MR) is 111 cm³/mol. The van der Waals surface area contributed by atoms with Crippen LogP contribution >= 0.6 is 0 Å². The summed E-state index contributed by atoms with van der Waals surface area (Å²) in [6.45, 7) is 3.69. The number of ether oxygens (including phenoxy) is 1. The van der Waals surface area contributed by atoms with Crippen LogP contribution in [-0.2, 0) is 9.53 Å². The summed E-state index contributed by atoms with van der Waals surface area (Å²) in [6, 6.07) is 19.9. The van der Waals surface area contributed by atoms with Crippen LogP contribution in [0.5, 0.6) is 0 Å². The number of hydrogen-bond acceptors (Lipinski definition) is 5. The van der Waals surface area contributed by atoms with E-state index in [-0.39, 0.29) is 30.6 Å². The van der Waals surface area contributed by atoms with Crippen LogP contribution in [-0.4, -0.2) is 24.5 Å².